The molecule has 1 aromatic heterocycles. The number of fused-ring (bicyclic) bond motifs is 1. The maximum absolute atomic E-state index is 13.0. The number of hydrogen-bond acceptors (Lipinski definition) is 1. The molecule has 0 amide bonds. The molecule has 2 atom stereocenters. The van der Waals surface area contributed by atoms with Gasteiger partial charge >= 0.3 is 0 Å². The van der Waals surface area contributed by atoms with Crippen molar-refractivity contribution >= 4 is 10.9 Å². The molecule has 82 valence electrons. The van der Waals surface area contributed by atoms with Crippen LogP contribution >= 0.6 is 0 Å². The summed E-state index contributed by atoms with van der Waals surface area (Å²) in [6.45, 7) is 0. The Bertz CT molecular complexity index is 620. The lowest BCUT2D eigenvalue weighted by atomic mass is 10.2. The van der Waals surface area contributed by atoms with Gasteiger partial charge in [0.1, 0.15) is 12.0 Å². The zero-order valence-corrected chi connectivity index (χ0v) is 8.36. The zero-order valence-electron chi connectivity index (χ0n) is 8.36. The maximum atomic E-state index is 13.0. The van der Waals surface area contributed by atoms with Gasteiger partial charge in [0, 0.05) is 24.1 Å². The molecule has 0 aliphatic heterocycles. The highest BCUT2D eigenvalue weighted by molar-refractivity contribution is 5.79. The van der Waals surface area contributed by atoms with Gasteiger partial charge in [-0.15, -0.1) is 0 Å². The molecule has 1 aliphatic carbocycles. The maximum Gasteiger partial charge on any atom is 0.189 e. The van der Waals surface area contributed by atoms with Crippen LogP contribution < -0.4 is 5.43 Å². The Morgan fingerprint density at radius 3 is 2.75 bits per heavy atom. The molecule has 3 rings (SSSR count). The molecule has 2 unspecified atom stereocenters. The smallest absolute Gasteiger partial charge is 0.189 e. The van der Waals surface area contributed by atoms with Gasteiger partial charge < -0.3 is 4.57 Å². The third-order valence-electron chi connectivity index (χ3n) is 2.93. The summed E-state index contributed by atoms with van der Waals surface area (Å²) in [5.41, 5.74) is 0.362. The average Bonchev–Trinajstić information content (AvgIpc) is 2.97. The second-order valence-corrected chi connectivity index (χ2v) is 4.07. The summed E-state index contributed by atoms with van der Waals surface area (Å²) in [5.74, 6) is -0.449. The fourth-order valence-electron chi connectivity index (χ4n) is 1.98. The van der Waals surface area contributed by atoms with Crippen LogP contribution in [0.1, 0.15) is 12.5 Å². The van der Waals surface area contributed by atoms with Crippen molar-refractivity contribution in [1.29, 1.82) is 0 Å². The molecule has 0 saturated heterocycles. The van der Waals surface area contributed by atoms with Crippen LogP contribution in [0, 0.1) is 5.82 Å². The summed E-state index contributed by atoms with van der Waals surface area (Å²) in [5, 5.41) is 0.307. The third-order valence-corrected chi connectivity index (χ3v) is 2.93. The van der Waals surface area contributed by atoms with Crippen molar-refractivity contribution in [2.45, 2.75) is 18.6 Å². The summed E-state index contributed by atoms with van der Waals surface area (Å²) in [7, 11) is 0. The molecule has 1 saturated carbocycles. The fourth-order valence-corrected chi connectivity index (χ4v) is 1.98. The Labute approximate surface area is 90.1 Å². The molecule has 1 fully saturated rings. The number of rotatable bonds is 1. The first-order valence-corrected chi connectivity index (χ1v) is 5.11. The second kappa shape index (κ2) is 3.14. The van der Waals surface area contributed by atoms with E-state index in [0.29, 0.717) is 17.3 Å². The Balaban J connectivity index is 2.31. The number of benzene rings is 1. The molecule has 0 radical (unpaired) electrons. The molecule has 1 aromatic carbocycles. The van der Waals surface area contributed by atoms with E-state index in [9.17, 15) is 13.6 Å². The van der Waals surface area contributed by atoms with E-state index in [4.69, 9.17) is 0 Å². The highest BCUT2D eigenvalue weighted by Gasteiger charge is 2.39. The SMILES string of the molecule is O=c1ccn(C2CC2F)c2ccc(F)cc12. The van der Waals surface area contributed by atoms with Gasteiger partial charge in [0.25, 0.3) is 0 Å². The largest absolute Gasteiger partial charge is 0.341 e. The predicted octanol–water partition coefficient (Wildman–Crippen LogP) is 2.42. The molecular formula is C12H9F2NO. The minimum absolute atomic E-state index is 0.200. The van der Waals surface area contributed by atoms with E-state index in [-0.39, 0.29) is 11.5 Å². The van der Waals surface area contributed by atoms with Crippen LogP contribution in [0.2, 0.25) is 0 Å². The number of pyridine rings is 1. The minimum Gasteiger partial charge on any atom is -0.341 e. The molecule has 1 aliphatic rings. The van der Waals surface area contributed by atoms with Gasteiger partial charge in [0.05, 0.1) is 11.6 Å². The number of alkyl halides is 1. The lowest BCUT2D eigenvalue weighted by Gasteiger charge is -2.08. The molecule has 1 heterocycles. The second-order valence-electron chi connectivity index (χ2n) is 4.07. The summed E-state index contributed by atoms with van der Waals surface area (Å²) in [6, 6.07) is 5.16. The van der Waals surface area contributed by atoms with E-state index in [0.717, 1.165) is 0 Å². The van der Waals surface area contributed by atoms with Gasteiger partial charge in [-0.1, -0.05) is 0 Å². The number of nitrogens with zero attached hydrogens (tertiary/aromatic N) is 1. The summed E-state index contributed by atoms with van der Waals surface area (Å²) in [4.78, 5) is 11.5. The molecule has 2 aromatic rings. The molecule has 2 nitrogen and oxygen atoms in total. The Hall–Kier alpha value is -1.71. The van der Waals surface area contributed by atoms with E-state index in [2.05, 4.69) is 0 Å². The monoisotopic (exact) mass is 221 g/mol. The summed E-state index contributed by atoms with van der Waals surface area (Å²) in [6.07, 6.45) is 1.19. The molecule has 0 bridgehead atoms. The predicted molar refractivity (Wildman–Crippen MR) is 56.7 cm³/mol. The van der Waals surface area contributed by atoms with Gasteiger partial charge in [-0.05, 0) is 18.2 Å². The zero-order chi connectivity index (χ0) is 11.3. The Morgan fingerprint density at radius 1 is 1.31 bits per heavy atom. The number of hydrogen-bond donors (Lipinski definition) is 0. The lowest BCUT2D eigenvalue weighted by molar-refractivity contribution is 0.444. The van der Waals surface area contributed by atoms with Crippen LogP contribution in [0.25, 0.3) is 10.9 Å². The molecule has 4 heteroatoms. The van der Waals surface area contributed by atoms with Crippen molar-refractivity contribution < 1.29 is 8.78 Å². The quantitative estimate of drug-likeness (QED) is 0.724. The first-order valence-electron chi connectivity index (χ1n) is 5.11. The average molecular weight is 221 g/mol. The topological polar surface area (TPSA) is 22.0 Å². The van der Waals surface area contributed by atoms with Crippen molar-refractivity contribution in [3.05, 3.63) is 46.5 Å². The van der Waals surface area contributed by atoms with Crippen LogP contribution in [0.4, 0.5) is 8.78 Å². The Kier molecular flexibility index (Phi) is 1.87. The molecule has 16 heavy (non-hydrogen) atoms. The lowest BCUT2D eigenvalue weighted by Crippen LogP contribution is -2.08. The molecular weight excluding hydrogens is 212 g/mol. The van der Waals surface area contributed by atoms with Crippen LogP contribution in [0.15, 0.2) is 35.3 Å². The van der Waals surface area contributed by atoms with Crippen LogP contribution in [0.5, 0.6) is 0 Å². The van der Waals surface area contributed by atoms with Gasteiger partial charge in [0.15, 0.2) is 5.43 Å². The van der Waals surface area contributed by atoms with Crippen LogP contribution in [-0.2, 0) is 0 Å². The van der Waals surface area contributed by atoms with E-state index in [1.165, 1.54) is 24.3 Å². The molecule has 0 N–H and O–H groups in total. The van der Waals surface area contributed by atoms with Crippen molar-refractivity contribution in [3.63, 3.8) is 0 Å². The normalized spacial score (nSPS) is 23.6. The van der Waals surface area contributed by atoms with Crippen LogP contribution in [-0.4, -0.2) is 10.7 Å². The van der Waals surface area contributed by atoms with Gasteiger partial charge in [-0.2, -0.15) is 0 Å². The van der Waals surface area contributed by atoms with Crippen molar-refractivity contribution in [2.24, 2.45) is 0 Å². The van der Waals surface area contributed by atoms with Crippen molar-refractivity contribution in [2.75, 3.05) is 0 Å². The summed E-state index contributed by atoms with van der Waals surface area (Å²) >= 11 is 0. The standard InChI is InChI=1S/C12H9F2NO/c13-7-1-2-10-8(5-7)12(16)3-4-15(10)11-6-9(11)14/h1-5,9,11H,6H2. The van der Waals surface area contributed by atoms with E-state index < -0.39 is 12.0 Å². The Morgan fingerprint density at radius 2 is 2.06 bits per heavy atom. The van der Waals surface area contributed by atoms with Crippen molar-refractivity contribution in [1.82, 2.24) is 4.57 Å². The highest BCUT2D eigenvalue weighted by Crippen LogP contribution is 2.40. The van der Waals surface area contributed by atoms with E-state index >= 15 is 0 Å². The van der Waals surface area contributed by atoms with E-state index in [1.807, 2.05) is 0 Å². The van der Waals surface area contributed by atoms with Gasteiger partial charge in [0.2, 0.25) is 0 Å². The summed E-state index contributed by atoms with van der Waals surface area (Å²) < 4.78 is 27.7. The highest BCUT2D eigenvalue weighted by atomic mass is 19.1. The van der Waals surface area contributed by atoms with Crippen molar-refractivity contribution in [3.8, 4) is 0 Å². The van der Waals surface area contributed by atoms with Crippen LogP contribution in [0.3, 0.4) is 0 Å². The van der Waals surface area contributed by atoms with Gasteiger partial charge in [-0.3, -0.25) is 4.79 Å². The number of halogens is 2. The molecule has 0 spiro atoms. The number of aromatic nitrogens is 1. The first kappa shape index (κ1) is 9.51. The van der Waals surface area contributed by atoms with Gasteiger partial charge in [-0.25, -0.2) is 8.78 Å². The third kappa shape index (κ3) is 1.33. The fraction of sp³-hybridized carbons (Fsp3) is 0.250. The van der Waals surface area contributed by atoms with E-state index in [1.54, 1.807) is 10.8 Å². The first-order chi connectivity index (χ1) is 7.66. The minimum atomic E-state index is -0.851.